The highest BCUT2D eigenvalue weighted by Crippen LogP contribution is 2.29. The first-order chi connectivity index (χ1) is 13.0. The lowest BCUT2D eigenvalue weighted by atomic mass is 9.91. The van der Waals surface area contributed by atoms with Crippen molar-refractivity contribution in [2.45, 2.75) is 55.8 Å². The summed E-state index contributed by atoms with van der Waals surface area (Å²) in [5, 5.41) is 0.408. The Kier molecular flexibility index (Phi) is 6.76. The zero-order valence-electron chi connectivity index (χ0n) is 16.3. The minimum absolute atomic E-state index is 0.00884. The van der Waals surface area contributed by atoms with Gasteiger partial charge in [0.15, 0.2) is 0 Å². The molecule has 7 heteroatoms. The summed E-state index contributed by atoms with van der Waals surface area (Å²) in [6, 6.07) is 3.78. The molecule has 2 aliphatic rings. The molecule has 0 aromatic carbocycles. The largest absolute Gasteiger partial charge is 0.342 e. The average Bonchev–Trinajstić information content (AvgIpc) is 3.22. The van der Waals surface area contributed by atoms with E-state index in [2.05, 4.69) is 4.98 Å². The van der Waals surface area contributed by atoms with Crippen LogP contribution in [0.5, 0.6) is 0 Å². The van der Waals surface area contributed by atoms with E-state index in [1.807, 2.05) is 29.7 Å². The van der Waals surface area contributed by atoms with Gasteiger partial charge < -0.3 is 15.5 Å². The van der Waals surface area contributed by atoms with E-state index in [1.54, 1.807) is 12.3 Å². The molecular weight excluding hydrogens is 360 g/mol. The Morgan fingerprint density at radius 1 is 1.15 bits per heavy atom. The van der Waals surface area contributed by atoms with Crippen LogP contribution in [0.1, 0.15) is 49.9 Å². The fourth-order valence-corrected chi connectivity index (χ4v) is 4.85. The van der Waals surface area contributed by atoms with Crippen LogP contribution in [0.15, 0.2) is 23.4 Å². The van der Waals surface area contributed by atoms with E-state index in [-0.39, 0.29) is 23.1 Å². The number of piperidine rings is 1. The summed E-state index contributed by atoms with van der Waals surface area (Å²) >= 11 is 1.39. The van der Waals surface area contributed by atoms with E-state index in [1.165, 1.54) is 11.8 Å². The number of carbonyl (C=O) groups excluding carboxylic acids is 2. The van der Waals surface area contributed by atoms with Crippen LogP contribution in [0.4, 0.5) is 0 Å². The number of hydrogen-bond acceptors (Lipinski definition) is 5. The van der Waals surface area contributed by atoms with E-state index in [0.29, 0.717) is 16.5 Å². The molecule has 2 amide bonds. The number of thioether (sulfide) groups is 1. The lowest BCUT2D eigenvalue weighted by Gasteiger charge is -2.34. The molecule has 0 aliphatic carbocycles. The third-order valence-corrected chi connectivity index (χ3v) is 6.73. The number of aromatic nitrogens is 1. The van der Waals surface area contributed by atoms with Crippen LogP contribution >= 0.6 is 11.8 Å². The van der Waals surface area contributed by atoms with Crippen molar-refractivity contribution in [1.82, 2.24) is 14.8 Å². The fourth-order valence-electron chi connectivity index (χ4n) is 3.86. The molecule has 2 unspecified atom stereocenters. The first-order valence-corrected chi connectivity index (χ1v) is 10.8. The summed E-state index contributed by atoms with van der Waals surface area (Å²) in [5.74, 6) is 0.628. The van der Waals surface area contributed by atoms with Gasteiger partial charge in [-0.25, -0.2) is 4.98 Å². The predicted octanol–water partition coefficient (Wildman–Crippen LogP) is 2.38. The van der Waals surface area contributed by atoms with E-state index < -0.39 is 0 Å². The molecule has 2 N–H and O–H groups in total. The van der Waals surface area contributed by atoms with Gasteiger partial charge in [-0.15, -0.1) is 0 Å². The summed E-state index contributed by atoms with van der Waals surface area (Å²) in [6.45, 7) is 7.08. The lowest BCUT2D eigenvalue weighted by molar-refractivity contribution is -0.129. The number of likely N-dealkylation sites (tertiary alicyclic amines) is 2. The predicted molar refractivity (Wildman–Crippen MR) is 108 cm³/mol. The minimum atomic E-state index is -0.242. The summed E-state index contributed by atoms with van der Waals surface area (Å²) in [6.07, 6.45) is 5.72. The standard InChI is InChI=1S/C20H30N4O2S/c1-14(21)16-7-12-24(13-8-16)20(26)17-6-5-9-22-18(17)27-15(2)19(25)23-10-3-4-11-23/h5-6,9,14-16H,3-4,7-8,10-13,21H2,1-2H3. The normalized spacial score (nSPS) is 20.6. The maximum absolute atomic E-state index is 13.1. The molecule has 6 nitrogen and oxygen atoms in total. The van der Waals surface area contributed by atoms with Crippen LogP contribution in [-0.4, -0.2) is 64.1 Å². The van der Waals surface area contributed by atoms with E-state index in [4.69, 9.17) is 5.73 Å². The second-order valence-electron chi connectivity index (χ2n) is 7.64. The highest BCUT2D eigenvalue weighted by molar-refractivity contribution is 8.00. The first-order valence-electron chi connectivity index (χ1n) is 9.92. The Bertz CT molecular complexity index is 668. The van der Waals surface area contributed by atoms with Crippen molar-refractivity contribution >= 4 is 23.6 Å². The Hall–Kier alpha value is -1.60. The van der Waals surface area contributed by atoms with Crippen LogP contribution in [0.25, 0.3) is 0 Å². The number of rotatable bonds is 5. The highest BCUT2D eigenvalue weighted by atomic mass is 32.2. The number of hydrogen-bond donors (Lipinski definition) is 1. The third-order valence-electron chi connectivity index (χ3n) is 5.63. The van der Waals surface area contributed by atoms with Gasteiger partial charge in [-0.2, -0.15) is 0 Å². The van der Waals surface area contributed by atoms with E-state index in [9.17, 15) is 9.59 Å². The number of pyridine rings is 1. The lowest BCUT2D eigenvalue weighted by Crippen LogP contribution is -2.42. The molecule has 2 fully saturated rings. The quantitative estimate of drug-likeness (QED) is 0.781. The van der Waals surface area contributed by atoms with Crippen LogP contribution in [0.2, 0.25) is 0 Å². The average molecular weight is 391 g/mol. The molecule has 3 heterocycles. The van der Waals surface area contributed by atoms with Gasteiger partial charge in [-0.05, 0) is 57.6 Å². The van der Waals surface area contributed by atoms with Crippen LogP contribution < -0.4 is 5.73 Å². The molecule has 27 heavy (non-hydrogen) atoms. The molecule has 0 bridgehead atoms. The molecule has 1 aromatic rings. The summed E-state index contributed by atoms with van der Waals surface area (Å²) < 4.78 is 0. The van der Waals surface area contributed by atoms with Gasteiger partial charge in [-0.1, -0.05) is 11.8 Å². The van der Waals surface area contributed by atoms with Crippen molar-refractivity contribution < 1.29 is 9.59 Å². The topological polar surface area (TPSA) is 79.5 Å². The van der Waals surface area contributed by atoms with Crippen molar-refractivity contribution in [1.29, 1.82) is 0 Å². The smallest absolute Gasteiger partial charge is 0.256 e. The fraction of sp³-hybridized carbons (Fsp3) is 0.650. The van der Waals surface area contributed by atoms with E-state index >= 15 is 0 Å². The monoisotopic (exact) mass is 390 g/mol. The van der Waals surface area contributed by atoms with Crippen molar-refractivity contribution in [3.63, 3.8) is 0 Å². The highest BCUT2D eigenvalue weighted by Gasteiger charge is 2.29. The first kappa shape index (κ1) is 20.1. The molecule has 2 atom stereocenters. The SMILES string of the molecule is CC(Sc1ncccc1C(=O)N1CCC(C(C)N)CC1)C(=O)N1CCCC1. The van der Waals surface area contributed by atoms with Gasteiger partial charge in [0.05, 0.1) is 10.8 Å². The van der Waals surface area contributed by atoms with Gasteiger partial charge in [0, 0.05) is 38.4 Å². The summed E-state index contributed by atoms with van der Waals surface area (Å²) in [4.78, 5) is 33.9. The molecule has 0 radical (unpaired) electrons. The Morgan fingerprint density at radius 3 is 2.44 bits per heavy atom. The molecule has 0 spiro atoms. The maximum atomic E-state index is 13.1. The van der Waals surface area contributed by atoms with Gasteiger partial charge in [0.1, 0.15) is 5.03 Å². The Balaban J connectivity index is 1.66. The van der Waals surface area contributed by atoms with Gasteiger partial charge >= 0.3 is 0 Å². The molecule has 2 aliphatic heterocycles. The molecule has 3 rings (SSSR count). The Morgan fingerprint density at radius 2 is 1.81 bits per heavy atom. The van der Waals surface area contributed by atoms with Gasteiger partial charge in [-0.3, -0.25) is 9.59 Å². The second kappa shape index (κ2) is 9.06. The number of nitrogens with two attached hydrogens (primary N) is 1. The molecule has 1 aromatic heterocycles. The second-order valence-corrected chi connectivity index (χ2v) is 8.97. The summed E-state index contributed by atoms with van der Waals surface area (Å²) in [7, 11) is 0. The van der Waals surface area contributed by atoms with Crippen molar-refractivity contribution in [3.8, 4) is 0 Å². The molecular formula is C20H30N4O2S. The van der Waals surface area contributed by atoms with Crippen molar-refractivity contribution in [3.05, 3.63) is 23.9 Å². The van der Waals surface area contributed by atoms with Gasteiger partial charge in [0.2, 0.25) is 5.91 Å². The van der Waals surface area contributed by atoms with Crippen molar-refractivity contribution in [2.75, 3.05) is 26.2 Å². The number of nitrogens with zero attached hydrogens (tertiary/aromatic N) is 3. The van der Waals surface area contributed by atoms with Gasteiger partial charge in [0.25, 0.3) is 5.91 Å². The van der Waals surface area contributed by atoms with Crippen LogP contribution in [0, 0.1) is 5.92 Å². The summed E-state index contributed by atoms with van der Waals surface area (Å²) in [5.41, 5.74) is 6.61. The zero-order chi connectivity index (χ0) is 19.4. The van der Waals surface area contributed by atoms with Crippen LogP contribution in [0.3, 0.4) is 0 Å². The Labute approximate surface area is 165 Å². The third kappa shape index (κ3) is 4.82. The van der Waals surface area contributed by atoms with E-state index in [0.717, 1.165) is 51.9 Å². The molecule has 2 saturated heterocycles. The maximum Gasteiger partial charge on any atom is 0.256 e. The van der Waals surface area contributed by atoms with Crippen LogP contribution in [-0.2, 0) is 4.79 Å². The molecule has 148 valence electrons. The number of carbonyl (C=O) groups is 2. The van der Waals surface area contributed by atoms with Crippen molar-refractivity contribution in [2.24, 2.45) is 11.7 Å². The molecule has 0 saturated carbocycles. The minimum Gasteiger partial charge on any atom is -0.342 e. The number of amides is 2. The zero-order valence-corrected chi connectivity index (χ0v) is 17.1.